The Hall–Kier alpha value is -1.69. The van der Waals surface area contributed by atoms with Crippen molar-refractivity contribution >= 4 is 11.7 Å². The van der Waals surface area contributed by atoms with Gasteiger partial charge in [-0.3, -0.25) is 9.78 Å². The fourth-order valence-corrected chi connectivity index (χ4v) is 1.81. The van der Waals surface area contributed by atoms with E-state index in [1.165, 1.54) is 19.0 Å². The van der Waals surface area contributed by atoms with Crippen LogP contribution in [0.4, 0.5) is 5.82 Å². The summed E-state index contributed by atoms with van der Waals surface area (Å²) in [5, 5.41) is 5.95. The van der Waals surface area contributed by atoms with Crippen LogP contribution in [0, 0.1) is 5.92 Å². The molecule has 0 aliphatic heterocycles. The van der Waals surface area contributed by atoms with E-state index in [1.807, 2.05) is 0 Å². The van der Waals surface area contributed by atoms with Crippen molar-refractivity contribution in [2.24, 2.45) is 5.92 Å². The molecule has 2 N–H and O–H groups in total. The second-order valence-corrected chi connectivity index (χ2v) is 5.34. The maximum Gasteiger partial charge on any atom is 0.271 e. The third-order valence-electron chi connectivity index (χ3n) is 3.22. The molecule has 1 aromatic heterocycles. The van der Waals surface area contributed by atoms with Gasteiger partial charge in [0, 0.05) is 26.3 Å². The molecule has 0 atom stereocenters. The summed E-state index contributed by atoms with van der Waals surface area (Å²) in [7, 11) is 0. The molecule has 2 rings (SSSR count). The van der Waals surface area contributed by atoms with Gasteiger partial charge in [-0.15, -0.1) is 0 Å². The van der Waals surface area contributed by atoms with Crippen molar-refractivity contribution in [1.82, 2.24) is 15.3 Å². The number of carbonyl (C=O) groups is 1. The summed E-state index contributed by atoms with van der Waals surface area (Å²) in [4.78, 5) is 20.2. The van der Waals surface area contributed by atoms with E-state index in [9.17, 15) is 4.79 Å². The van der Waals surface area contributed by atoms with E-state index in [4.69, 9.17) is 4.74 Å². The molecule has 0 unspecified atom stereocenters. The van der Waals surface area contributed by atoms with Crippen LogP contribution in [0.1, 0.15) is 43.1 Å². The Morgan fingerprint density at radius 3 is 3.00 bits per heavy atom. The molecule has 0 radical (unpaired) electrons. The first-order chi connectivity index (χ1) is 10.3. The maximum atomic E-state index is 11.9. The van der Waals surface area contributed by atoms with Gasteiger partial charge < -0.3 is 15.4 Å². The molecule has 0 aromatic carbocycles. The number of amides is 1. The molecule has 1 aliphatic carbocycles. The summed E-state index contributed by atoms with van der Waals surface area (Å²) < 4.78 is 5.52. The number of nitrogens with one attached hydrogen (secondary N) is 2. The summed E-state index contributed by atoms with van der Waals surface area (Å²) in [6, 6.07) is 0. The Morgan fingerprint density at radius 1 is 1.38 bits per heavy atom. The molecule has 0 saturated heterocycles. The van der Waals surface area contributed by atoms with Gasteiger partial charge >= 0.3 is 0 Å². The molecule has 116 valence electrons. The Labute approximate surface area is 125 Å². The molecular weight excluding hydrogens is 268 g/mol. The van der Waals surface area contributed by atoms with Crippen molar-refractivity contribution < 1.29 is 9.53 Å². The fourth-order valence-electron chi connectivity index (χ4n) is 1.81. The van der Waals surface area contributed by atoms with Crippen molar-refractivity contribution in [1.29, 1.82) is 0 Å². The van der Waals surface area contributed by atoms with Crippen LogP contribution in [0.2, 0.25) is 0 Å². The molecule has 1 saturated carbocycles. The minimum atomic E-state index is -0.190. The maximum absolute atomic E-state index is 11.9. The Morgan fingerprint density at radius 2 is 2.24 bits per heavy atom. The van der Waals surface area contributed by atoms with Gasteiger partial charge in [-0.25, -0.2) is 4.98 Å². The minimum Gasteiger partial charge on any atom is -0.381 e. The third-order valence-corrected chi connectivity index (χ3v) is 3.22. The smallest absolute Gasteiger partial charge is 0.271 e. The molecule has 21 heavy (non-hydrogen) atoms. The first kappa shape index (κ1) is 15.7. The highest BCUT2D eigenvalue weighted by molar-refractivity contribution is 5.92. The lowest BCUT2D eigenvalue weighted by molar-refractivity contribution is 0.0932. The summed E-state index contributed by atoms with van der Waals surface area (Å²) in [6.07, 6.45) is 7.53. The van der Waals surface area contributed by atoms with Crippen LogP contribution in [-0.2, 0) is 4.74 Å². The number of aromatic nitrogens is 2. The molecule has 1 fully saturated rings. The Balaban J connectivity index is 1.64. The predicted molar refractivity (Wildman–Crippen MR) is 81.3 cm³/mol. The van der Waals surface area contributed by atoms with E-state index in [0.717, 1.165) is 31.9 Å². The molecule has 0 bridgehead atoms. The summed E-state index contributed by atoms with van der Waals surface area (Å²) in [6.45, 7) is 5.04. The number of hydrogen-bond acceptors (Lipinski definition) is 5. The lowest BCUT2D eigenvalue weighted by atomic mass is 10.3. The zero-order chi connectivity index (χ0) is 14.9. The number of rotatable bonds is 10. The van der Waals surface area contributed by atoms with E-state index >= 15 is 0 Å². The van der Waals surface area contributed by atoms with Crippen LogP contribution < -0.4 is 10.6 Å². The highest BCUT2D eigenvalue weighted by Crippen LogP contribution is 2.28. The van der Waals surface area contributed by atoms with Gasteiger partial charge in [-0.2, -0.15) is 0 Å². The van der Waals surface area contributed by atoms with Crippen LogP contribution >= 0.6 is 0 Å². The lowest BCUT2D eigenvalue weighted by Gasteiger charge is -2.07. The van der Waals surface area contributed by atoms with Gasteiger partial charge in [0.05, 0.1) is 12.4 Å². The number of hydrogen-bond donors (Lipinski definition) is 2. The van der Waals surface area contributed by atoms with E-state index in [0.29, 0.717) is 24.7 Å². The number of anilines is 1. The lowest BCUT2D eigenvalue weighted by Crippen LogP contribution is -2.26. The number of ether oxygens (including phenoxy) is 1. The second kappa shape index (κ2) is 8.56. The molecule has 0 spiro atoms. The van der Waals surface area contributed by atoms with E-state index in [2.05, 4.69) is 27.5 Å². The molecule has 6 nitrogen and oxygen atoms in total. The van der Waals surface area contributed by atoms with Crippen LogP contribution in [0.25, 0.3) is 0 Å². The zero-order valence-electron chi connectivity index (χ0n) is 12.6. The third kappa shape index (κ3) is 6.08. The summed E-state index contributed by atoms with van der Waals surface area (Å²) in [5.41, 5.74) is 0.343. The average Bonchev–Trinajstić information content (AvgIpc) is 3.33. The van der Waals surface area contributed by atoms with Crippen molar-refractivity contribution in [3.8, 4) is 0 Å². The topological polar surface area (TPSA) is 76.1 Å². The molecular formula is C15H24N4O2. The highest BCUT2D eigenvalue weighted by Gasteiger charge is 2.20. The van der Waals surface area contributed by atoms with Crippen molar-refractivity contribution in [2.45, 2.75) is 32.6 Å². The molecule has 1 heterocycles. The Kier molecular flexibility index (Phi) is 6.40. The normalized spacial score (nSPS) is 14.0. The average molecular weight is 292 g/mol. The molecule has 1 aliphatic rings. The van der Waals surface area contributed by atoms with Gasteiger partial charge in [-0.1, -0.05) is 6.92 Å². The second-order valence-electron chi connectivity index (χ2n) is 5.34. The van der Waals surface area contributed by atoms with Gasteiger partial charge in [0.2, 0.25) is 0 Å². The van der Waals surface area contributed by atoms with Crippen molar-refractivity contribution in [3.63, 3.8) is 0 Å². The standard InChI is InChI=1S/C15H24N4O2/c1-2-6-17-14-10-16-9-13(19-14)15(20)18-7-3-8-21-11-12-4-5-12/h9-10,12H,2-8,11H2,1H3,(H,17,19)(H,18,20). The quantitative estimate of drug-likeness (QED) is 0.644. The van der Waals surface area contributed by atoms with Crippen LogP contribution in [0.3, 0.4) is 0 Å². The molecule has 6 heteroatoms. The van der Waals surface area contributed by atoms with Gasteiger partial charge in [0.15, 0.2) is 0 Å². The van der Waals surface area contributed by atoms with Crippen LogP contribution in [0.15, 0.2) is 12.4 Å². The minimum absolute atomic E-state index is 0.190. The summed E-state index contributed by atoms with van der Waals surface area (Å²) in [5.74, 6) is 1.23. The van der Waals surface area contributed by atoms with Gasteiger partial charge in [0.1, 0.15) is 11.5 Å². The highest BCUT2D eigenvalue weighted by atomic mass is 16.5. The van der Waals surface area contributed by atoms with E-state index in [-0.39, 0.29) is 5.91 Å². The van der Waals surface area contributed by atoms with Crippen molar-refractivity contribution in [2.75, 3.05) is 31.6 Å². The SMILES string of the molecule is CCCNc1cncc(C(=O)NCCCOCC2CC2)n1. The first-order valence-corrected chi connectivity index (χ1v) is 7.71. The number of nitrogens with zero attached hydrogens (tertiary/aromatic N) is 2. The van der Waals surface area contributed by atoms with Gasteiger partial charge in [0.25, 0.3) is 5.91 Å². The zero-order valence-corrected chi connectivity index (χ0v) is 12.6. The van der Waals surface area contributed by atoms with Gasteiger partial charge in [-0.05, 0) is 31.6 Å². The van der Waals surface area contributed by atoms with E-state index in [1.54, 1.807) is 6.20 Å². The van der Waals surface area contributed by atoms with Crippen LogP contribution in [0.5, 0.6) is 0 Å². The summed E-state index contributed by atoms with van der Waals surface area (Å²) >= 11 is 0. The first-order valence-electron chi connectivity index (χ1n) is 7.71. The predicted octanol–water partition coefficient (Wildman–Crippen LogP) is 1.85. The molecule has 1 amide bonds. The monoisotopic (exact) mass is 292 g/mol. The Bertz CT molecular complexity index is 449. The van der Waals surface area contributed by atoms with E-state index < -0.39 is 0 Å². The largest absolute Gasteiger partial charge is 0.381 e. The fraction of sp³-hybridized carbons (Fsp3) is 0.667. The molecule has 1 aromatic rings. The number of carbonyl (C=O) groups excluding carboxylic acids is 1. The van der Waals surface area contributed by atoms with Crippen molar-refractivity contribution in [3.05, 3.63) is 18.1 Å². The van der Waals surface area contributed by atoms with Crippen LogP contribution in [-0.4, -0.2) is 42.2 Å².